The summed E-state index contributed by atoms with van der Waals surface area (Å²) in [6.45, 7) is 6.65. The largest absolute Gasteiger partial charge is 0.355 e. The van der Waals surface area contributed by atoms with Crippen LogP contribution in [0.25, 0.3) is 0 Å². The van der Waals surface area contributed by atoms with Crippen LogP contribution in [0.1, 0.15) is 42.8 Å². The predicted octanol–water partition coefficient (Wildman–Crippen LogP) is 3.51. The molecule has 0 radical (unpaired) electrons. The summed E-state index contributed by atoms with van der Waals surface area (Å²) in [6.07, 6.45) is 1.03. The zero-order valence-corrected chi connectivity index (χ0v) is 14.2. The normalized spacial score (nSPS) is 13.6. The lowest BCUT2D eigenvalue weighted by Gasteiger charge is -2.22. The van der Waals surface area contributed by atoms with Gasteiger partial charge in [-0.05, 0) is 42.8 Å². The van der Waals surface area contributed by atoms with Crippen molar-refractivity contribution < 1.29 is 4.79 Å². The lowest BCUT2D eigenvalue weighted by atomic mass is 10.0. The molecule has 2 N–H and O–H groups in total. The highest BCUT2D eigenvalue weighted by molar-refractivity contribution is 7.10. The number of rotatable bonds is 7. The van der Waals surface area contributed by atoms with Crippen LogP contribution in [0, 0.1) is 0 Å². The van der Waals surface area contributed by atoms with Gasteiger partial charge in [0.25, 0.3) is 0 Å². The summed E-state index contributed by atoms with van der Waals surface area (Å²) in [4.78, 5) is 13.2. The molecule has 1 aromatic carbocycles. The summed E-state index contributed by atoms with van der Waals surface area (Å²) in [5.74, 6) is 0.0363. The monoisotopic (exact) mass is 316 g/mol. The maximum absolute atomic E-state index is 12.0. The van der Waals surface area contributed by atoms with Gasteiger partial charge in [-0.3, -0.25) is 10.1 Å². The molecule has 22 heavy (non-hydrogen) atoms. The van der Waals surface area contributed by atoms with E-state index in [1.807, 2.05) is 19.9 Å². The number of likely N-dealkylation sites (N-methyl/N-ethyl adjacent to an activating group) is 1. The average Bonchev–Trinajstić information content (AvgIpc) is 3.07. The van der Waals surface area contributed by atoms with Gasteiger partial charge in [-0.1, -0.05) is 37.3 Å². The summed E-state index contributed by atoms with van der Waals surface area (Å²) in [5, 5.41) is 8.39. The summed E-state index contributed by atoms with van der Waals surface area (Å²) < 4.78 is 0. The Kier molecular flexibility index (Phi) is 6.16. The molecular formula is C18H24N2OS. The zero-order valence-electron chi connectivity index (χ0n) is 13.4. The Morgan fingerprint density at radius 2 is 1.91 bits per heavy atom. The molecule has 118 valence electrons. The molecule has 1 amide bonds. The minimum atomic E-state index is -0.238. The van der Waals surface area contributed by atoms with Crippen LogP contribution >= 0.6 is 11.3 Å². The van der Waals surface area contributed by atoms with Crippen LogP contribution in [0.3, 0.4) is 0 Å². The Labute approximate surface area is 136 Å². The van der Waals surface area contributed by atoms with E-state index in [0.717, 1.165) is 6.42 Å². The zero-order chi connectivity index (χ0) is 15.9. The van der Waals surface area contributed by atoms with Crippen molar-refractivity contribution in [2.75, 3.05) is 6.54 Å². The Morgan fingerprint density at radius 3 is 2.45 bits per heavy atom. The third kappa shape index (κ3) is 4.18. The first-order valence-corrected chi connectivity index (χ1v) is 8.69. The van der Waals surface area contributed by atoms with Gasteiger partial charge in [0.1, 0.15) is 0 Å². The number of nitrogens with one attached hydrogen (secondary N) is 2. The molecule has 2 aromatic rings. The van der Waals surface area contributed by atoms with Crippen molar-refractivity contribution in [1.82, 2.24) is 10.6 Å². The van der Waals surface area contributed by atoms with Gasteiger partial charge in [-0.15, -0.1) is 11.3 Å². The van der Waals surface area contributed by atoms with Gasteiger partial charge in [-0.25, -0.2) is 0 Å². The quantitative estimate of drug-likeness (QED) is 0.820. The minimum absolute atomic E-state index is 0.0363. The predicted molar refractivity (Wildman–Crippen MR) is 93.3 cm³/mol. The van der Waals surface area contributed by atoms with Crippen LogP contribution in [0.15, 0.2) is 41.8 Å². The van der Waals surface area contributed by atoms with Gasteiger partial charge in [-0.2, -0.15) is 0 Å². The molecular weight excluding hydrogens is 292 g/mol. The fourth-order valence-corrected chi connectivity index (χ4v) is 3.21. The fourth-order valence-electron chi connectivity index (χ4n) is 2.40. The molecule has 0 unspecified atom stereocenters. The van der Waals surface area contributed by atoms with Crippen molar-refractivity contribution in [3.63, 3.8) is 0 Å². The van der Waals surface area contributed by atoms with Crippen LogP contribution in [-0.2, 0) is 11.2 Å². The van der Waals surface area contributed by atoms with Gasteiger partial charge in [0.15, 0.2) is 0 Å². The van der Waals surface area contributed by atoms with Crippen molar-refractivity contribution in [1.29, 1.82) is 0 Å². The van der Waals surface area contributed by atoms with E-state index in [2.05, 4.69) is 53.3 Å². The van der Waals surface area contributed by atoms with E-state index < -0.39 is 0 Å². The second kappa shape index (κ2) is 8.11. The van der Waals surface area contributed by atoms with E-state index in [4.69, 9.17) is 0 Å². The van der Waals surface area contributed by atoms with Crippen molar-refractivity contribution in [3.05, 3.63) is 57.8 Å². The second-order valence-corrected chi connectivity index (χ2v) is 6.31. The highest BCUT2D eigenvalue weighted by Gasteiger charge is 2.21. The Balaban J connectivity index is 2.21. The lowest BCUT2D eigenvalue weighted by molar-refractivity contribution is -0.122. The number of carbonyl (C=O) groups is 1. The topological polar surface area (TPSA) is 41.1 Å². The Morgan fingerprint density at radius 1 is 1.18 bits per heavy atom. The molecule has 2 rings (SSSR count). The van der Waals surface area contributed by atoms with E-state index in [-0.39, 0.29) is 18.0 Å². The van der Waals surface area contributed by atoms with Crippen LogP contribution in [0.5, 0.6) is 0 Å². The number of aryl methyl sites for hydroxylation is 1. The number of benzene rings is 1. The number of carbonyl (C=O) groups excluding carboxylic acids is 1. The van der Waals surface area contributed by atoms with Crippen LogP contribution in [0.2, 0.25) is 0 Å². The molecule has 4 heteroatoms. The second-order valence-electron chi connectivity index (χ2n) is 5.33. The summed E-state index contributed by atoms with van der Waals surface area (Å²) in [5.41, 5.74) is 2.52. The molecule has 2 atom stereocenters. The SMILES string of the molecule is CCNC(=O)[C@@H](C)N[C@@H](c1ccc(CC)cc1)c1cccs1. The average molecular weight is 316 g/mol. The van der Waals surface area contributed by atoms with E-state index in [1.165, 1.54) is 16.0 Å². The lowest BCUT2D eigenvalue weighted by Crippen LogP contribution is -2.43. The van der Waals surface area contributed by atoms with Gasteiger partial charge in [0.05, 0.1) is 12.1 Å². The minimum Gasteiger partial charge on any atom is -0.355 e. The van der Waals surface area contributed by atoms with E-state index in [9.17, 15) is 4.79 Å². The van der Waals surface area contributed by atoms with Crippen molar-refractivity contribution in [3.8, 4) is 0 Å². The van der Waals surface area contributed by atoms with Crippen LogP contribution in [0.4, 0.5) is 0 Å². The smallest absolute Gasteiger partial charge is 0.236 e. The molecule has 0 aliphatic heterocycles. The molecule has 0 fully saturated rings. The molecule has 0 aliphatic rings. The first-order chi connectivity index (χ1) is 10.7. The van der Waals surface area contributed by atoms with Gasteiger partial charge in [0, 0.05) is 11.4 Å². The molecule has 0 spiro atoms. The summed E-state index contributed by atoms with van der Waals surface area (Å²) in [6, 6.07) is 12.6. The first kappa shape index (κ1) is 16.7. The fraction of sp³-hybridized carbons (Fsp3) is 0.389. The summed E-state index contributed by atoms with van der Waals surface area (Å²) in [7, 11) is 0. The van der Waals surface area contributed by atoms with Crippen molar-refractivity contribution in [2.24, 2.45) is 0 Å². The Hall–Kier alpha value is -1.65. The maximum atomic E-state index is 12.0. The van der Waals surface area contributed by atoms with Gasteiger partial charge < -0.3 is 5.32 Å². The highest BCUT2D eigenvalue weighted by atomic mass is 32.1. The van der Waals surface area contributed by atoms with E-state index >= 15 is 0 Å². The standard InChI is InChI=1S/C18H24N2OS/c1-4-14-8-10-15(11-9-14)17(16-7-6-12-22-16)20-13(3)18(21)19-5-2/h6-13,17,20H,4-5H2,1-3H3,(H,19,21)/t13-,17+/m1/s1. The summed E-state index contributed by atoms with van der Waals surface area (Å²) >= 11 is 1.71. The molecule has 1 aromatic heterocycles. The molecule has 0 bridgehead atoms. The maximum Gasteiger partial charge on any atom is 0.236 e. The van der Waals surface area contributed by atoms with Gasteiger partial charge in [0.2, 0.25) is 5.91 Å². The van der Waals surface area contributed by atoms with E-state index in [1.54, 1.807) is 11.3 Å². The van der Waals surface area contributed by atoms with Crippen molar-refractivity contribution >= 4 is 17.2 Å². The number of thiophene rings is 1. The van der Waals surface area contributed by atoms with Crippen LogP contribution in [-0.4, -0.2) is 18.5 Å². The highest BCUT2D eigenvalue weighted by Crippen LogP contribution is 2.27. The third-order valence-corrected chi connectivity index (χ3v) is 4.65. The number of hydrogen-bond acceptors (Lipinski definition) is 3. The molecule has 0 aliphatic carbocycles. The molecule has 0 saturated carbocycles. The molecule has 1 heterocycles. The van der Waals surface area contributed by atoms with E-state index in [0.29, 0.717) is 6.54 Å². The number of amides is 1. The molecule has 3 nitrogen and oxygen atoms in total. The number of hydrogen-bond donors (Lipinski definition) is 2. The van der Waals surface area contributed by atoms with Crippen LogP contribution < -0.4 is 10.6 Å². The Bertz CT molecular complexity index is 578. The third-order valence-electron chi connectivity index (χ3n) is 3.71. The molecule has 0 saturated heterocycles. The first-order valence-electron chi connectivity index (χ1n) is 7.81. The van der Waals surface area contributed by atoms with Crippen molar-refractivity contribution in [2.45, 2.75) is 39.3 Å². The van der Waals surface area contributed by atoms with Gasteiger partial charge >= 0.3 is 0 Å².